The summed E-state index contributed by atoms with van der Waals surface area (Å²) in [4.78, 5) is 19.8. The molecule has 2 heterocycles. The largest absolute Gasteiger partial charge is 0.423 e. The van der Waals surface area contributed by atoms with Crippen molar-refractivity contribution in [3.63, 3.8) is 0 Å². The smallest absolute Gasteiger partial charge is 0.298 e. The average molecular weight is 412 g/mol. The predicted octanol–water partition coefficient (Wildman–Crippen LogP) is 4.91. The van der Waals surface area contributed by atoms with Gasteiger partial charge in [-0.1, -0.05) is 48.5 Å². The molecular formula is C25H24N4O2. The summed E-state index contributed by atoms with van der Waals surface area (Å²) in [7, 11) is 0. The summed E-state index contributed by atoms with van der Waals surface area (Å²) < 4.78 is 5.89. The van der Waals surface area contributed by atoms with Crippen LogP contribution in [0.2, 0.25) is 0 Å². The topological polar surface area (TPSA) is 61.6 Å². The van der Waals surface area contributed by atoms with Gasteiger partial charge < -0.3 is 9.32 Å². The molecule has 156 valence electrons. The highest BCUT2D eigenvalue weighted by atomic mass is 16.4. The number of carbonyl (C=O) groups is 1. The van der Waals surface area contributed by atoms with E-state index in [2.05, 4.69) is 15.3 Å². The van der Waals surface area contributed by atoms with Crippen molar-refractivity contribution in [2.45, 2.75) is 12.8 Å². The molecule has 0 bridgehead atoms. The molecule has 1 aliphatic heterocycles. The van der Waals surface area contributed by atoms with Crippen molar-refractivity contribution in [3.05, 3.63) is 84.9 Å². The van der Waals surface area contributed by atoms with Crippen LogP contribution in [0.15, 0.2) is 89.3 Å². The number of rotatable bonds is 5. The fourth-order valence-electron chi connectivity index (χ4n) is 3.96. The third kappa shape index (κ3) is 4.10. The van der Waals surface area contributed by atoms with Crippen LogP contribution in [0.4, 0.5) is 17.4 Å². The van der Waals surface area contributed by atoms with E-state index in [1.807, 2.05) is 89.9 Å². The first-order chi connectivity index (χ1) is 15.3. The van der Waals surface area contributed by atoms with Gasteiger partial charge in [-0.15, -0.1) is 0 Å². The molecule has 0 radical (unpaired) electrons. The highest BCUT2D eigenvalue weighted by Gasteiger charge is 2.28. The van der Waals surface area contributed by atoms with Gasteiger partial charge in [0.05, 0.1) is 11.4 Å². The van der Waals surface area contributed by atoms with E-state index < -0.39 is 0 Å². The zero-order valence-corrected chi connectivity index (χ0v) is 17.1. The van der Waals surface area contributed by atoms with Crippen LogP contribution in [-0.2, 0) is 4.79 Å². The SMILES string of the molecule is O=C(NN(c1ccccc1)c1ccccc1)C1CCN(c2nc3ccccc3o2)CC1. The highest BCUT2D eigenvalue weighted by molar-refractivity contribution is 5.83. The van der Waals surface area contributed by atoms with Gasteiger partial charge in [-0.05, 0) is 49.2 Å². The summed E-state index contributed by atoms with van der Waals surface area (Å²) in [6.07, 6.45) is 1.50. The molecule has 5 rings (SSSR count). The minimum atomic E-state index is -0.0597. The Kier molecular flexibility index (Phi) is 5.27. The zero-order chi connectivity index (χ0) is 21.0. The Hall–Kier alpha value is -3.80. The number of oxazole rings is 1. The second-order valence-corrected chi connectivity index (χ2v) is 7.71. The number of hydrogen-bond acceptors (Lipinski definition) is 5. The molecule has 0 aliphatic carbocycles. The van der Waals surface area contributed by atoms with Crippen LogP contribution in [0, 0.1) is 5.92 Å². The molecule has 0 atom stereocenters. The van der Waals surface area contributed by atoms with E-state index in [-0.39, 0.29) is 11.8 Å². The molecule has 0 saturated carbocycles. The quantitative estimate of drug-likeness (QED) is 0.472. The molecule has 0 unspecified atom stereocenters. The normalized spacial score (nSPS) is 14.5. The van der Waals surface area contributed by atoms with E-state index in [0.717, 1.165) is 48.4 Å². The minimum absolute atomic E-state index is 0.0323. The Morgan fingerprint density at radius 1 is 0.871 bits per heavy atom. The monoisotopic (exact) mass is 412 g/mol. The molecule has 6 nitrogen and oxygen atoms in total. The molecule has 1 fully saturated rings. The number of piperidine rings is 1. The Morgan fingerprint density at radius 2 is 1.45 bits per heavy atom. The molecule has 6 heteroatoms. The zero-order valence-electron chi connectivity index (χ0n) is 17.1. The van der Waals surface area contributed by atoms with Gasteiger partial charge in [-0.25, -0.2) is 0 Å². The maximum absolute atomic E-state index is 13.1. The lowest BCUT2D eigenvalue weighted by molar-refractivity contribution is -0.125. The second-order valence-electron chi connectivity index (χ2n) is 7.71. The third-order valence-electron chi connectivity index (χ3n) is 5.67. The minimum Gasteiger partial charge on any atom is -0.423 e. The first-order valence-electron chi connectivity index (χ1n) is 10.6. The number of nitrogens with zero attached hydrogens (tertiary/aromatic N) is 3. The summed E-state index contributed by atoms with van der Waals surface area (Å²) >= 11 is 0. The van der Waals surface area contributed by atoms with Crippen molar-refractivity contribution < 1.29 is 9.21 Å². The van der Waals surface area contributed by atoms with E-state index in [9.17, 15) is 4.79 Å². The standard InChI is InChI=1S/C25H24N4O2/c30-24(27-29(20-9-3-1-4-10-20)21-11-5-2-6-12-21)19-15-17-28(18-16-19)25-26-22-13-7-8-14-23(22)31-25/h1-14,19H,15-18H2,(H,27,30). The number of fused-ring (bicyclic) bond motifs is 1. The Bertz CT molecular complexity index is 1080. The summed E-state index contributed by atoms with van der Waals surface area (Å²) in [5.74, 6) is -0.0273. The van der Waals surface area contributed by atoms with Gasteiger partial charge in [0.1, 0.15) is 5.52 Å². The molecule has 1 N–H and O–H groups in total. The summed E-state index contributed by atoms with van der Waals surface area (Å²) in [5, 5.41) is 1.86. The van der Waals surface area contributed by atoms with Gasteiger partial charge in [-0.2, -0.15) is 4.98 Å². The number of amides is 1. The second kappa shape index (κ2) is 8.52. The number of para-hydroxylation sites is 4. The molecule has 1 aliphatic rings. The number of benzene rings is 3. The number of hydrazine groups is 1. The van der Waals surface area contributed by atoms with E-state index >= 15 is 0 Å². The first kappa shape index (κ1) is 19.2. The number of hydrogen-bond donors (Lipinski definition) is 1. The summed E-state index contributed by atoms with van der Waals surface area (Å²) in [5.41, 5.74) is 6.63. The van der Waals surface area contributed by atoms with Crippen LogP contribution in [0.1, 0.15) is 12.8 Å². The molecule has 1 amide bonds. The highest BCUT2D eigenvalue weighted by Crippen LogP contribution is 2.28. The van der Waals surface area contributed by atoms with E-state index in [4.69, 9.17) is 4.42 Å². The van der Waals surface area contributed by atoms with Gasteiger partial charge in [0.25, 0.3) is 6.01 Å². The van der Waals surface area contributed by atoms with Crippen molar-refractivity contribution >= 4 is 34.4 Å². The predicted molar refractivity (Wildman–Crippen MR) is 122 cm³/mol. The van der Waals surface area contributed by atoms with Crippen molar-refractivity contribution in [1.29, 1.82) is 0 Å². The van der Waals surface area contributed by atoms with Crippen LogP contribution in [0.3, 0.4) is 0 Å². The maximum atomic E-state index is 13.1. The van der Waals surface area contributed by atoms with Crippen molar-refractivity contribution in [2.75, 3.05) is 23.0 Å². The van der Waals surface area contributed by atoms with Crippen LogP contribution in [-0.4, -0.2) is 24.0 Å². The molecule has 0 spiro atoms. The molecule has 1 aromatic heterocycles. The van der Waals surface area contributed by atoms with Crippen LogP contribution in [0.5, 0.6) is 0 Å². The molecule has 1 saturated heterocycles. The van der Waals surface area contributed by atoms with Gasteiger partial charge in [0.15, 0.2) is 5.58 Å². The Labute approximate surface area is 181 Å². The lowest BCUT2D eigenvalue weighted by Gasteiger charge is -2.32. The molecular weight excluding hydrogens is 388 g/mol. The van der Waals surface area contributed by atoms with Crippen molar-refractivity contribution in [2.24, 2.45) is 5.92 Å². The van der Waals surface area contributed by atoms with Crippen molar-refractivity contribution in [3.8, 4) is 0 Å². The Morgan fingerprint density at radius 3 is 2.06 bits per heavy atom. The average Bonchev–Trinajstić information content (AvgIpc) is 3.28. The number of carbonyl (C=O) groups excluding carboxylic acids is 1. The van der Waals surface area contributed by atoms with E-state index in [1.165, 1.54) is 0 Å². The molecule has 4 aromatic rings. The van der Waals surface area contributed by atoms with Gasteiger partial charge >= 0.3 is 0 Å². The van der Waals surface area contributed by atoms with Gasteiger partial charge in [0.2, 0.25) is 5.91 Å². The molecule has 31 heavy (non-hydrogen) atoms. The third-order valence-corrected chi connectivity index (χ3v) is 5.67. The summed E-state index contributed by atoms with van der Waals surface area (Å²) in [6.45, 7) is 1.48. The first-order valence-corrected chi connectivity index (χ1v) is 10.6. The van der Waals surface area contributed by atoms with Crippen LogP contribution >= 0.6 is 0 Å². The number of aromatic nitrogens is 1. The van der Waals surface area contributed by atoms with Gasteiger partial charge in [-0.3, -0.25) is 15.2 Å². The lowest BCUT2D eigenvalue weighted by atomic mass is 9.96. The van der Waals surface area contributed by atoms with Crippen LogP contribution in [0.25, 0.3) is 11.1 Å². The molecule has 3 aromatic carbocycles. The fourth-order valence-corrected chi connectivity index (χ4v) is 3.96. The maximum Gasteiger partial charge on any atom is 0.298 e. The van der Waals surface area contributed by atoms with Crippen molar-refractivity contribution in [1.82, 2.24) is 10.4 Å². The lowest BCUT2D eigenvalue weighted by Crippen LogP contribution is -2.46. The van der Waals surface area contributed by atoms with E-state index in [1.54, 1.807) is 0 Å². The van der Waals surface area contributed by atoms with Crippen LogP contribution < -0.4 is 15.3 Å². The Balaban J connectivity index is 1.27. The van der Waals surface area contributed by atoms with Gasteiger partial charge in [0, 0.05) is 19.0 Å². The van der Waals surface area contributed by atoms with E-state index in [0.29, 0.717) is 6.01 Å². The fraction of sp³-hybridized carbons (Fsp3) is 0.200. The number of anilines is 3. The number of nitrogens with one attached hydrogen (secondary N) is 1. The summed E-state index contributed by atoms with van der Waals surface area (Å²) in [6, 6.07) is 28.2.